The molecule has 1 heterocycles. The summed E-state index contributed by atoms with van der Waals surface area (Å²) in [4.78, 5) is 1.05. The molecule has 17 heavy (non-hydrogen) atoms. The molecule has 0 radical (unpaired) electrons. The quantitative estimate of drug-likeness (QED) is 0.510. The molecule has 1 fully saturated rings. The third-order valence-electron chi connectivity index (χ3n) is 2.68. The lowest BCUT2D eigenvalue weighted by Crippen LogP contribution is -2.13. The first-order valence-corrected chi connectivity index (χ1v) is 7.33. The van der Waals surface area contributed by atoms with Crippen molar-refractivity contribution in [1.82, 2.24) is 0 Å². The molecule has 1 aliphatic rings. The number of halogens is 1. The molecule has 0 aromatic heterocycles. The molecule has 1 aromatic carbocycles. The van der Waals surface area contributed by atoms with Gasteiger partial charge in [0.05, 0.1) is 6.10 Å². The van der Waals surface area contributed by atoms with Gasteiger partial charge in [-0.05, 0) is 31.0 Å². The lowest BCUT2D eigenvalue weighted by molar-refractivity contribution is 0.129. The Hall–Kier alpha value is -0.520. The Morgan fingerprint density at radius 3 is 3.06 bits per heavy atom. The number of nitrogens with two attached hydrogens (primary N) is 1. The van der Waals surface area contributed by atoms with Crippen molar-refractivity contribution in [2.75, 3.05) is 12.4 Å². The Morgan fingerprint density at radius 1 is 1.59 bits per heavy atom. The number of nitrogens with one attached hydrogen (secondary N) is 1. The molecule has 92 valence electrons. The second kappa shape index (κ2) is 5.89. The molecular weight excluding hydrogens is 300 g/mol. The molecule has 1 saturated heterocycles. The number of hydrogen-bond acceptors (Lipinski definition) is 3. The smallest absolute Gasteiger partial charge is 0.123 e. The maximum atomic E-state index is 7.57. The first-order valence-electron chi connectivity index (χ1n) is 5.55. The van der Waals surface area contributed by atoms with Crippen molar-refractivity contribution >= 4 is 33.5 Å². The average molecular weight is 315 g/mol. The average Bonchev–Trinajstić information content (AvgIpc) is 2.80. The van der Waals surface area contributed by atoms with Crippen molar-refractivity contribution in [3.8, 4) is 0 Å². The van der Waals surface area contributed by atoms with Crippen LogP contribution >= 0.6 is 27.7 Å². The summed E-state index contributed by atoms with van der Waals surface area (Å²) >= 11 is 5.11. The molecule has 1 aromatic rings. The van der Waals surface area contributed by atoms with Gasteiger partial charge in [-0.2, -0.15) is 0 Å². The largest absolute Gasteiger partial charge is 0.384 e. The Bertz CT molecular complexity index is 419. The zero-order valence-corrected chi connectivity index (χ0v) is 11.8. The summed E-state index contributed by atoms with van der Waals surface area (Å²) in [7, 11) is 0. The van der Waals surface area contributed by atoms with Gasteiger partial charge in [0.1, 0.15) is 5.84 Å². The van der Waals surface area contributed by atoms with Gasteiger partial charge >= 0.3 is 0 Å². The van der Waals surface area contributed by atoms with Crippen LogP contribution in [0.15, 0.2) is 27.6 Å². The second-order valence-electron chi connectivity index (χ2n) is 4.00. The van der Waals surface area contributed by atoms with E-state index < -0.39 is 0 Å². The molecule has 1 aliphatic heterocycles. The topological polar surface area (TPSA) is 59.1 Å². The van der Waals surface area contributed by atoms with E-state index in [4.69, 9.17) is 15.9 Å². The molecule has 1 atom stereocenters. The highest BCUT2D eigenvalue weighted by Crippen LogP contribution is 2.28. The summed E-state index contributed by atoms with van der Waals surface area (Å²) in [6.45, 7) is 0.880. The van der Waals surface area contributed by atoms with Gasteiger partial charge in [-0.15, -0.1) is 11.8 Å². The fourth-order valence-electron chi connectivity index (χ4n) is 1.80. The first-order chi connectivity index (χ1) is 8.16. The van der Waals surface area contributed by atoms with Crippen LogP contribution in [-0.4, -0.2) is 24.3 Å². The molecule has 0 aliphatic carbocycles. The van der Waals surface area contributed by atoms with Crippen molar-refractivity contribution in [3.63, 3.8) is 0 Å². The predicted octanol–water partition coefficient (Wildman–Crippen LogP) is 3.00. The van der Waals surface area contributed by atoms with Crippen molar-refractivity contribution in [1.29, 1.82) is 5.41 Å². The molecule has 0 bridgehead atoms. The number of hydrogen-bond donors (Lipinski definition) is 2. The highest BCUT2D eigenvalue weighted by atomic mass is 79.9. The number of nitrogen functional groups attached to an aromatic ring is 1. The molecule has 0 spiro atoms. The third-order valence-corrected chi connectivity index (χ3v) is 4.38. The van der Waals surface area contributed by atoms with Crippen LogP contribution in [0.2, 0.25) is 0 Å². The van der Waals surface area contributed by atoms with Gasteiger partial charge in [0.2, 0.25) is 0 Å². The van der Waals surface area contributed by atoms with E-state index in [1.807, 2.05) is 18.2 Å². The lowest BCUT2D eigenvalue weighted by atomic mass is 10.2. The highest BCUT2D eigenvalue weighted by molar-refractivity contribution is 9.10. The maximum Gasteiger partial charge on any atom is 0.123 e. The van der Waals surface area contributed by atoms with Crippen LogP contribution in [0.1, 0.15) is 18.4 Å². The zero-order chi connectivity index (χ0) is 12.3. The Balaban J connectivity index is 2.06. The predicted molar refractivity (Wildman–Crippen MR) is 74.9 cm³/mol. The van der Waals surface area contributed by atoms with Gasteiger partial charge < -0.3 is 10.5 Å². The Morgan fingerprint density at radius 2 is 2.41 bits per heavy atom. The van der Waals surface area contributed by atoms with E-state index in [-0.39, 0.29) is 5.84 Å². The van der Waals surface area contributed by atoms with E-state index >= 15 is 0 Å². The molecule has 3 nitrogen and oxygen atoms in total. The van der Waals surface area contributed by atoms with Crippen LogP contribution in [-0.2, 0) is 4.74 Å². The second-order valence-corrected chi connectivity index (χ2v) is 5.98. The molecule has 5 heteroatoms. The van der Waals surface area contributed by atoms with Crippen LogP contribution in [0.25, 0.3) is 0 Å². The molecule has 3 N–H and O–H groups in total. The molecule has 0 saturated carbocycles. The third kappa shape index (κ3) is 3.47. The maximum absolute atomic E-state index is 7.57. The lowest BCUT2D eigenvalue weighted by Gasteiger charge is -2.11. The zero-order valence-electron chi connectivity index (χ0n) is 9.41. The van der Waals surface area contributed by atoms with Gasteiger partial charge in [0.15, 0.2) is 0 Å². The van der Waals surface area contributed by atoms with E-state index in [1.165, 1.54) is 0 Å². The van der Waals surface area contributed by atoms with Crippen molar-refractivity contribution in [3.05, 3.63) is 28.2 Å². The number of amidine groups is 1. The molecule has 1 unspecified atom stereocenters. The molecule has 2 rings (SSSR count). The monoisotopic (exact) mass is 314 g/mol. The number of benzene rings is 1. The van der Waals surface area contributed by atoms with Gasteiger partial charge in [0, 0.05) is 27.3 Å². The Labute approximate surface area is 114 Å². The van der Waals surface area contributed by atoms with E-state index in [0.717, 1.165) is 40.1 Å². The summed E-state index contributed by atoms with van der Waals surface area (Å²) in [6, 6.07) is 5.87. The van der Waals surface area contributed by atoms with Gasteiger partial charge in [-0.3, -0.25) is 5.41 Å². The summed E-state index contributed by atoms with van der Waals surface area (Å²) in [5.74, 6) is 1.04. The molecular formula is C12H15BrN2OS. The Kier molecular flexibility index (Phi) is 4.48. The van der Waals surface area contributed by atoms with Gasteiger partial charge in [-0.25, -0.2) is 0 Å². The summed E-state index contributed by atoms with van der Waals surface area (Å²) in [5, 5.41) is 7.57. The standard InChI is InChI=1S/C12H15BrN2OS/c13-8-3-4-11(10(6-8)12(14)15)17-7-9-2-1-5-16-9/h3-4,6,9H,1-2,5,7H2,(H3,14,15). The number of rotatable bonds is 4. The van der Waals surface area contributed by atoms with Gasteiger partial charge in [0.25, 0.3) is 0 Å². The SMILES string of the molecule is N=C(N)c1cc(Br)ccc1SCC1CCCO1. The van der Waals surface area contributed by atoms with Crippen LogP contribution in [0, 0.1) is 5.41 Å². The van der Waals surface area contributed by atoms with Crippen LogP contribution in [0.5, 0.6) is 0 Å². The van der Waals surface area contributed by atoms with E-state index in [0.29, 0.717) is 6.10 Å². The van der Waals surface area contributed by atoms with Crippen LogP contribution in [0.4, 0.5) is 0 Å². The fourth-order valence-corrected chi connectivity index (χ4v) is 3.28. The highest BCUT2D eigenvalue weighted by Gasteiger charge is 2.16. The van der Waals surface area contributed by atoms with Crippen molar-refractivity contribution < 1.29 is 4.74 Å². The normalized spacial score (nSPS) is 19.5. The minimum atomic E-state index is 0.112. The minimum Gasteiger partial charge on any atom is -0.384 e. The summed E-state index contributed by atoms with van der Waals surface area (Å²) in [6.07, 6.45) is 2.65. The minimum absolute atomic E-state index is 0.112. The first kappa shape index (κ1) is 12.9. The van der Waals surface area contributed by atoms with Gasteiger partial charge in [-0.1, -0.05) is 15.9 Å². The van der Waals surface area contributed by atoms with Crippen molar-refractivity contribution in [2.45, 2.75) is 23.8 Å². The summed E-state index contributed by atoms with van der Waals surface area (Å²) in [5.41, 5.74) is 6.38. The number of thioether (sulfide) groups is 1. The van der Waals surface area contributed by atoms with E-state index in [9.17, 15) is 0 Å². The van der Waals surface area contributed by atoms with Crippen LogP contribution in [0.3, 0.4) is 0 Å². The molecule has 0 amide bonds. The van der Waals surface area contributed by atoms with E-state index in [1.54, 1.807) is 11.8 Å². The van der Waals surface area contributed by atoms with E-state index in [2.05, 4.69) is 15.9 Å². The fraction of sp³-hybridized carbons (Fsp3) is 0.417. The van der Waals surface area contributed by atoms with Crippen LogP contribution < -0.4 is 5.73 Å². The number of ether oxygens (including phenoxy) is 1. The van der Waals surface area contributed by atoms with Crippen molar-refractivity contribution in [2.24, 2.45) is 5.73 Å². The summed E-state index contributed by atoms with van der Waals surface area (Å²) < 4.78 is 6.53.